The Morgan fingerprint density at radius 2 is 1.82 bits per heavy atom. The van der Waals surface area contributed by atoms with Crippen LogP contribution in [0.2, 0.25) is 0 Å². The lowest BCUT2D eigenvalue weighted by Gasteiger charge is -2.23. The number of nitrogens with one attached hydrogen (secondary N) is 1. The van der Waals surface area contributed by atoms with E-state index in [2.05, 4.69) is 10.2 Å². The van der Waals surface area contributed by atoms with Gasteiger partial charge in [0.05, 0.1) is 12.7 Å². The number of carbonyl (C=O) groups is 1. The summed E-state index contributed by atoms with van der Waals surface area (Å²) in [6.07, 6.45) is -4.20. The molecule has 4 nitrogen and oxygen atoms in total. The first-order valence-corrected chi connectivity index (χ1v) is 5.32. The van der Waals surface area contributed by atoms with Crippen molar-refractivity contribution in [2.45, 2.75) is 26.9 Å². The van der Waals surface area contributed by atoms with Crippen molar-refractivity contribution in [3.05, 3.63) is 11.8 Å². The van der Waals surface area contributed by atoms with E-state index in [0.29, 0.717) is 19.2 Å². The molecule has 0 aromatic carbocycles. The van der Waals surface area contributed by atoms with Gasteiger partial charge in [0.15, 0.2) is 0 Å². The Bertz CT molecular complexity index is 273. The highest BCUT2D eigenvalue weighted by Gasteiger charge is 2.35. The lowest BCUT2D eigenvalue weighted by Crippen LogP contribution is -2.41. The van der Waals surface area contributed by atoms with Gasteiger partial charge in [0, 0.05) is 13.1 Å². The van der Waals surface area contributed by atoms with Crippen LogP contribution in [-0.2, 0) is 9.53 Å². The van der Waals surface area contributed by atoms with Crippen LogP contribution in [0.3, 0.4) is 0 Å². The van der Waals surface area contributed by atoms with E-state index in [1.165, 1.54) is 11.9 Å². The first-order chi connectivity index (χ1) is 7.85. The molecule has 0 rings (SSSR count). The van der Waals surface area contributed by atoms with Gasteiger partial charge in [-0.05, 0) is 6.92 Å². The molecule has 100 valence electrons. The number of esters is 1. The minimum atomic E-state index is -4.62. The average molecular weight is 254 g/mol. The number of allylic oxidation sites excluding steroid dienone is 1. The van der Waals surface area contributed by atoms with Gasteiger partial charge in [-0.25, -0.2) is 9.80 Å². The molecule has 7 heteroatoms. The third kappa shape index (κ3) is 6.15. The summed E-state index contributed by atoms with van der Waals surface area (Å²) in [4.78, 5) is 11.0. The maximum atomic E-state index is 12.6. The van der Waals surface area contributed by atoms with Crippen LogP contribution >= 0.6 is 0 Å². The van der Waals surface area contributed by atoms with Crippen LogP contribution in [-0.4, -0.2) is 36.9 Å². The highest BCUT2D eigenvalue weighted by molar-refractivity contribution is 5.82. The molecule has 0 aliphatic carbocycles. The normalized spacial score (nSPS) is 12.8. The highest BCUT2D eigenvalue weighted by Crippen LogP contribution is 2.23. The van der Waals surface area contributed by atoms with Crippen LogP contribution in [0.1, 0.15) is 20.8 Å². The van der Waals surface area contributed by atoms with Crippen molar-refractivity contribution in [1.29, 1.82) is 0 Å². The number of rotatable bonds is 6. The first kappa shape index (κ1) is 15.8. The molecule has 0 saturated heterocycles. The average Bonchev–Trinajstić information content (AvgIpc) is 2.23. The highest BCUT2D eigenvalue weighted by atomic mass is 19.4. The van der Waals surface area contributed by atoms with Crippen molar-refractivity contribution < 1.29 is 22.7 Å². The van der Waals surface area contributed by atoms with Crippen molar-refractivity contribution in [2.75, 3.05) is 19.7 Å². The minimum Gasteiger partial charge on any atom is -0.463 e. The number of halogens is 3. The van der Waals surface area contributed by atoms with E-state index < -0.39 is 17.8 Å². The second-order valence-corrected chi connectivity index (χ2v) is 3.09. The molecular formula is C10H17F3N2O2. The molecule has 0 amide bonds. The Morgan fingerprint density at radius 3 is 2.18 bits per heavy atom. The van der Waals surface area contributed by atoms with Gasteiger partial charge in [-0.15, -0.1) is 0 Å². The van der Waals surface area contributed by atoms with Gasteiger partial charge in [-0.1, -0.05) is 13.8 Å². The largest absolute Gasteiger partial charge is 0.463 e. The molecule has 0 aromatic heterocycles. The predicted molar refractivity (Wildman–Crippen MR) is 56.8 cm³/mol. The standard InChI is InChI=1S/C10H17F3N2O2/c1-4-15(5-2)14-8(10(11,12)13)7-9(16)17-6-3/h7,14H,4-6H2,1-3H3/b8-7-. The summed E-state index contributed by atoms with van der Waals surface area (Å²) in [5.41, 5.74) is 1.03. The summed E-state index contributed by atoms with van der Waals surface area (Å²) in [6, 6.07) is 0. The lowest BCUT2D eigenvalue weighted by atomic mass is 10.4. The van der Waals surface area contributed by atoms with E-state index in [4.69, 9.17) is 0 Å². The van der Waals surface area contributed by atoms with Crippen LogP contribution in [0.5, 0.6) is 0 Å². The zero-order chi connectivity index (χ0) is 13.5. The maximum absolute atomic E-state index is 12.6. The maximum Gasteiger partial charge on any atom is 0.432 e. The van der Waals surface area contributed by atoms with E-state index >= 15 is 0 Å². The van der Waals surface area contributed by atoms with E-state index in [9.17, 15) is 18.0 Å². The number of hydrogen-bond acceptors (Lipinski definition) is 4. The fourth-order valence-electron chi connectivity index (χ4n) is 1.03. The SMILES string of the molecule is CCOC(=O)/C=C(\NN(CC)CC)C(F)(F)F. The molecule has 0 spiro atoms. The molecule has 0 heterocycles. The molecule has 0 aliphatic heterocycles. The quantitative estimate of drug-likeness (QED) is 0.446. The molecule has 0 bridgehead atoms. The fraction of sp³-hybridized carbons (Fsp3) is 0.700. The Kier molecular flexibility index (Phi) is 6.64. The topological polar surface area (TPSA) is 41.6 Å². The smallest absolute Gasteiger partial charge is 0.432 e. The van der Waals surface area contributed by atoms with Crippen LogP contribution in [0.15, 0.2) is 11.8 Å². The van der Waals surface area contributed by atoms with Crippen molar-refractivity contribution in [3.63, 3.8) is 0 Å². The van der Waals surface area contributed by atoms with Crippen molar-refractivity contribution in [3.8, 4) is 0 Å². The Balaban J connectivity index is 4.83. The van der Waals surface area contributed by atoms with Gasteiger partial charge in [0.2, 0.25) is 0 Å². The monoisotopic (exact) mass is 254 g/mol. The van der Waals surface area contributed by atoms with Crippen LogP contribution in [0.4, 0.5) is 13.2 Å². The fourth-order valence-corrected chi connectivity index (χ4v) is 1.03. The second kappa shape index (κ2) is 7.16. The third-order valence-corrected chi connectivity index (χ3v) is 1.90. The predicted octanol–water partition coefficient (Wildman–Crippen LogP) is 1.84. The van der Waals surface area contributed by atoms with E-state index in [0.717, 1.165) is 0 Å². The van der Waals surface area contributed by atoms with Crippen molar-refractivity contribution >= 4 is 5.97 Å². The number of nitrogens with zero attached hydrogens (tertiary/aromatic N) is 1. The number of hydrogen-bond donors (Lipinski definition) is 1. The second-order valence-electron chi connectivity index (χ2n) is 3.09. The van der Waals surface area contributed by atoms with E-state index in [-0.39, 0.29) is 6.61 Å². The van der Waals surface area contributed by atoms with Gasteiger partial charge in [0.25, 0.3) is 0 Å². The summed E-state index contributed by atoms with van der Waals surface area (Å²) < 4.78 is 42.2. The minimum absolute atomic E-state index is 0.0335. The number of hydrazine groups is 1. The third-order valence-electron chi connectivity index (χ3n) is 1.90. The summed E-state index contributed by atoms with van der Waals surface area (Å²) in [6.45, 7) is 5.73. The molecule has 0 saturated carbocycles. The summed E-state index contributed by atoms with van der Waals surface area (Å²) in [5.74, 6) is -1.01. The molecule has 0 aliphatic rings. The van der Waals surface area contributed by atoms with Crippen LogP contribution < -0.4 is 5.43 Å². The van der Waals surface area contributed by atoms with E-state index in [1.54, 1.807) is 13.8 Å². The molecule has 0 unspecified atom stereocenters. The Labute approximate surface area is 98.4 Å². The summed E-state index contributed by atoms with van der Waals surface area (Å²) in [7, 11) is 0. The van der Waals surface area contributed by atoms with Crippen LogP contribution in [0.25, 0.3) is 0 Å². The number of ether oxygens (including phenoxy) is 1. The first-order valence-electron chi connectivity index (χ1n) is 5.32. The van der Waals surface area contributed by atoms with E-state index in [1.807, 2.05) is 0 Å². The van der Waals surface area contributed by atoms with Gasteiger partial charge in [0.1, 0.15) is 5.70 Å². The van der Waals surface area contributed by atoms with Crippen LogP contribution in [0, 0.1) is 0 Å². The van der Waals surface area contributed by atoms with Gasteiger partial charge in [-0.3, -0.25) is 0 Å². The molecule has 0 atom stereocenters. The van der Waals surface area contributed by atoms with Gasteiger partial charge in [-0.2, -0.15) is 13.2 Å². The molecule has 0 aromatic rings. The zero-order valence-electron chi connectivity index (χ0n) is 10.1. The number of carbonyl (C=O) groups excluding carboxylic acids is 1. The zero-order valence-corrected chi connectivity index (χ0v) is 10.1. The van der Waals surface area contributed by atoms with Crippen molar-refractivity contribution in [2.24, 2.45) is 0 Å². The molecule has 17 heavy (non-hydrogen) atoms. The van der Waals surface area contributed by atoms with Gasteiger partial charge >= 0.3 is 12.1 Å². The lowest BCUT2D eigenvalue weighted by molar-refractivity contribution is -0.139. The summed E-state index contributed by atoms with van der Waals surface area (Å²) in [5, 5.41) is 1.33. The Hall–Kier alpha value is -1.24. The number of alkyl halides is 3. The molecule has 0 radical (unpaired) electrons. The van der Waals surface area contributed by atoms with Gasteiger partial charge < -0.3 is 10.2 Å². The molecule has 0 fully saturated rings. The van der Waals surface area contributed by atoms with Crippen molar-refractivity contribution in [1.82, 2.24) is 10.4 Å². The molecule has 1 N–H and O–H groups in total. The molecular weight excluding hydrogens is 237 g/mol. The summed E-state index contributed by atoms with van der Waals surface area (Å²) >= 11 is 0. The Morgan fingerprint density at radius 1 is 1.29 bits per heavy atom.